The highest BCUT2D eigenvalue weighted by Crippen LogP contribution is 2.55. The van der Waals surface area contributed by atoms with Crippen LogP contribution in [0.4, 0.5) is 20.6 Å². The lowest BCUT2D eigenvalue weighted by molar-refractivity contribution is -0.123. The number of nitrogens with one attached hydrogen (secondary N) is 1. The Labute approximate surface area is 195 Å². The minimum absolute atomic E-state index is 0.161. The number of rotatable bonds is 4. The summed E-state index contributed by atoms with van der Waals surface area (Å²) in [6.45, 7) is 0.800. The highest BCUT2D eigenvalue weighted by molar-refractivity contribution is 8.01. The fourth-order valence-electron chi connectivity index (χ4n) is 4.37. The maximum absolute atomic E-state index is 14.0. The lowest BCUT2D eigenvalue weighted by Crippen LogP contribution is -2.51. The third kappa shape index (κ3) is 3.60. The van der Waals surface area contributed by atoms with Gasteiger partial charge in [-0.1, -0.05) is 30.3 Å². The first kappa shape index (κ1) is 21.3. The van der Waals surface area contributed by atoms with Crippen LogP contribution < -0.4 is 15.0 Å². The Hall–Kier alpha value is -3.52. The molecule has 3 aromatic rings. The van der Waals surface area contributed by atoms with Crippen molar-refractivity contribution in [2.75, 3.05) is 29.6 Å². The normalized spacial score (nSPS) is 19.2. The van der Waals surface area contributed by atoms with Gasteiger partial charge in [0.05, 0.1) is 19.3 Å². The van der Waals surface area contributed by atoms with E-state index < -0.39 is 10.9 Å². The lowest BCUT2D eigenvalue weighted by Gasteiger charge is -2.33. The number of nitrogens with zero attached hydrogens (tertiary/aromatic N) is 2. The molecule has 0 unspecified atom stereocenters. The Bertz CT molecular complexity index is 1210. The lowest BCUT2D eigenvalue weighted by atomic mass is 10.1. The van der Waals surface area contributed by atoms with Gasteiger partial charge in [0.1, 0.15) is 11.6 Å². The average molecular weight is 464 g/mol. The fourth-order valence-corrected chi connectivity index (χ4v) is 5.82. The summed E-state index contributed by atoms with van der Waals surface area (Å²) in [5.41, 5.74) is 2.96. The van der Waals surface area contributed by atoms with Crippen molar-refractivity contribution in [2.45, 2.75) is 11.4 Å². The molecule has 1 saturated heterocycles. The highest BCUT2D eigenvalue weighted by atomic mass is 32.2. The van der Waals surface area contributed by atoms with E-state index in [4.69, 9.17) is 4.74 Å². The van der Waals surface area contributed by atoms with Crippen molar-refractivity contribution in [2.24, 2.45) is 0 Å². The van der Waals surface area contributed by atoms with Crippen molar-refractivity contribution < 1.29 is 18.7 Å². The summed E-state index contributed by atoms with van der Waals surface area (Å²) in [5, 5.41) is 2.81. The predicted molar refractivity (Wildman–Crippen MR) is 127 cm³/mol. The number of benzene rings is 3. The van der Waals surface area contributed by atoms with Gasteiger partial charge in [-0.3, -0.25) is 9.69 Å². The largest absolute Gasteiger partial charge is 0.497 e. The number of anilines is 2. The van der Waals surface area contributed by atoms with Crippen LogP contribution in [0.15, 0.2) is 72.8 Å². The molecule has 0 aliphatic carbocycles. The molecule has 5 rings (SSSR count). The Morgan fingerprint density at radius 1 is 1.12 bits per heavy atom. The second-order valence-electron chi connectivity index (χ2n) is 7.84. The van der Waals surface area contributed by atoms with Crippen LogP contribution in [-0.2, 0) is 16.2 Å². The Morgan fingerprint density at radius 2 is 1.88 bits per heavy atom. The zero-order chi connectivity index (χ0) is 23.0. The minimum atomic E-state index is -1.19. The Kier molecular flexibility index (Phi) is 5.46. The van der Waals surface area contributed by atoms with Gasteiger partial charge < -0.3 is 15.0 Å². The van der Waals surface area contributed by atoms with Crippen molar-refractivity contribution in [3.63, 3.8) is 0 Å². The van der Waals surface area contributed by atoms with Crippen LogP contribution in [0.1, 0.15) is 11.1 Å². The van der Waals surface area contributed by atoms with Crippen LogP contribution in [-0.4, -0.2) is 36.2 Å². The average Bonchev–Trinajstić information content (AvgIpc) is 3.38. The van der Waals surface area contributed by atoms with E-state index in [1.165, 1.54) is 36.0 Å². The summed E-state index contributed by atoms with van der Waals surface area (Å²) in [6.07, 6.45) is 0. The summed E-state index contributed by atoms with van der Waals surface area (Å²) in [7, 11) is 1.58. The van der Waals surface area contributed by atoms with Gasteiger partial charge >= 0.3 is 6.03 Å². The van der Waals surface area contributed by atoms with Crippen LogP contribution >= 0.6 is 11.8 Å². The summed E-state index contributed by atoms with van der Waals surface area (Å²) < 4.78 is 18.7. The molecular formula is C25H22FN3O3S. The van der Waals surface area contributed by atoms with Gasteiger partial charge in [-0.2, -0.15) is 0 Å². The topological polar surface area (TPSA) is 61.9 Å². The number of ether oxygens (including phenoxy) is 1. The number of halogens is 1. The van der Waals surface area contributed by atoms with Crippen molar-refractivity contribution in [3.05, 3.63) is 89.7 Å². The predicted octanol–water partition coefficient (Wildman–Crippen LogP) is 4.81. The molecule has 33 heavy (non-hydrogen) atoms. The van der Waals surface area contributed by atoms with E-state index in [1.807, 2.05) is 48.5 Å². The third-order valence-corrected chi connectivity index (χ3v) is 7.34. The molecule has 3 aromatic carbocycles. The molecule has 2 aliphatic heterocycles. The molecule has 1 N–H and O–H groups in total. The minimum Gasteiger partial charge on any atom is -0.497 e. The van der Waals surface area contributed by atoms with Crippen molar-refractivity contribution >= 4 is 35.1 Å². The number of urea groups is 1. The number of carbonyl (C=O) groups excluding carboxylic acids is 2. The number of thioether (sulfide) groups is 1. The smallest absolute Gasteiger partial charge is 0.323 e. The summed E-state index contributed by atoms with van der Waals surface area (Å²) in [5.74, 6) is 0.684. The van der Waals surface area contributed by atoms with E-state index in [-0.39, 0.29) is 11.7 Å². The number of hydrogen-bond donors (Lipinski definition) is 1. The molecule has 0 saturated carbocycles. The number of amides is 3. The molecule has 2 aliphatic rings. The van der Waals surface area contributed by atoms with E-state index in [9.17, 15) is 14.0 Å². The Balaban J connectivity index is 1.54. The molecule has 168 valence electrons. The molecule has 0 radical (unpaired) electrons. The van der Waals surface area contributed by atoms with Gasteiger partial charge in [0.25, 0.3) is 5.91 Å². The maximum Gasteiger partial charge on any atom is 0.323 e. The zero-order valence-electron chi connectivity index (χ0n) is 18.0. The summed E-state index contributed by atoms with van der Waals surface area (Å²) in [6, 6.07) is 20.5. The van der Waals surface area contributed by atoms with Crippen LogP contribution in [0.25, 0.3) is 0 Å². The SMILES string of the molecule is COc1ccc2c(c1)[C@]1(SCCN1C(=O)Nc1ccc(F)cc1)C(=O)N2Cc1ccccc1. The van der Waals surface area contributed by atoms with Gasteiger partial charge in [0, 0.05) is 23.5 Å². The standard InChI is InChI=1S/C25H22FN3O3S/c1-32-20-11-12-22-21(15-20)25(23(30)28(22)16-17-5-3-2-4-6-17)29(13-14-33-25)24(31)27-19-9-7-18(26)8-10-19/h2-12,15H,13-14,16H2,1H3,(H,27,31)/t25-/m0/s1. The van der Waals surface area contributed by atoms with E-state index in [1.54, 1.807) is 16.9 Å². The second-order valence-corrected chi connectivity index (χ2v) is 9.13. The zero-order valence-corrected chi connectivity index (χ0v) is 18.8. The van der Waals surface area contributed by atoms with Gasteiger partial charge in [-0.05, 0) is 48.0 Å². The van der Waals surface area contributed by atoms with E-state index >= 15 is 0 Å². The monoisotopic (exact) mass is 463 g/mol. The van der Waals surface area contributed by atoms with Gasteiger partial charge in [-0.25, -0.2) is 9.18 Å². The Morgan fingerprint density at radius 3 is 2.61 bits per heavy atom. The van der Waals surface area contributed by atoms with E-state index in [0.29, 0.717) is 30.3 Å². The summed E-state index contributed by atoms with van der Waals surface area (Å²) in [4.78, 5) is 29.5. The number of fused-ring (bicyclic) bond motifs is 2. The molecule has 1 atom stereocenters. The van der Waals surface area contributed by atoms with Gasteiger partial charge in [-0.15, -0.1) is 11.8 Å². The number of carbonyl (C=O) groups is 2. The fraction of sp³-hybridized carbons (Fsp3) is 0.200. The van der Waals surface area contributed by atoms with Gasteiger partial charge in [0.2, 0.25) is 0 Å². The van der Waals surface area contributed by atoms with E-state index in [2.05, 4.69) is 5.32 Å². The maximum atomic E-state index is 14.0. The molecule has 0 bridgehead atoms. The van der Waals surface area contributed by atoms with Crippen LogP contribution in [0.5, 0.6) is 5.75 Å². The number of methoxy groups -OCH3 is 1. The first-order valence-electron chi connectivity index (χ1n) is 10.6. The van der Waals surface area contributed by atoms with Crippen LogP contribution in [0.3, 0.4) is 0 Å². The molecule has 3 amide bonds. The van der Waals surface area contributed by atoms with Crippen molar-refractivity contribution in [3.8, 4) is 5.75 Å². The second kappa shape index (κ2) is 8.44. The van der Waals surface area contributed by atoms with Gasteiger partial charge in [0.15, 0.2) is 4.87 Å². The molecular weight excluding hydrogens is 441 g/mol. The van der Waals surface area contributed by atoms with Crippen molar-refractivity contribution in [1.82, 2.24) is 4.90 Å². The highest BCUT2D eigenvalue weighted by Gasteiger charge is 2.59. The van der Waals surface area contributed by atoms with Crippen molar-refractivity contribution in [1.29, 1.82) is 0 Å². The third-order valence-electron chi connectivity index (χ3n) is 5.92. The van der Waals surface area contributed by atoms with Crippen LogP contribution in [0, 0.1) is 5.82 Å². The quantitative estimate of drug-likeness (QED) is 0.603. The number of hydrogen-bond acceptors (Lipinski definition) is 4. The molecule has 2 heterocycles. The molecule has 1 fully saturated rings. The molecule has 6 nitrogen and oxygen atoms in total. The summed E-state index contributed by atoms with van der Waals surface area (Å²) >= 11 is 1.44. The van der Waals surface area contributed by atoms with E-state index in [0.717, 1.165) is 16.8 Å². The molecule has 0 aromatic heterocycles. The van der Waals surface area contributed by atoms with Crippen LogP contribution in [0.2, 0.25) is 0 Å². The molecule has 1 spiro atoms. The molecule has 8 heteroatoms. The first-order chi connectivity index (χ1) is 16.0. The first-order valence-corrected chi connectivity index (χ1v) is 11.5.